The smallest absolute Gasteiger partial charge is 0.124 e. The molecule has 0 aliphatic carbocycles. The SMILES string of the molecule is CC1=C(C)C[C@](Sc2ccccc2)(c2ccc(C)cc2)[S@](=O)C1. The van der Waals surface area contributed by atoms with Crippen LogP contribution in [0.25, 0.3) is 0 Å². The highest BCUT2D eigenvalue weighted by Crippen LogP contribution is 2.51. The zero-order valence-electron chi connectivity index (χ0n) is 13.8. The quantitative estimate of drug-likeness (QED) is 0.692. The van der Waals surface area contributed by atoms with Gasteiger partial charge in [0.1, 0.15) is 4.08 Å². The third-order valence-corrected chi connectivity index (χ3v) is 8.30. The molecule has 0 saturated heterocycles. The first-order valence-electron chi connectivity index (χ1n) is 7.86. The minimum Gasteiger partial charge on any atom is -0.257 e. The number of benzene rings is 2. The lowest BCUT2D eigenvalue weighted by atomic mass is 10.00. The molecule has 3 rings (SSSR count). The predicted molar refractivity (Wildman–Crippen MR) is 101 cm³/mol. The van der Waals surface area contributed by atoms with Crippen LogP contribution in [-0.2, 0) is 14.9 Å². The topological polar surface area (TPSA) is 17.1 Å². The molecule has 2 aromatic rings. The molecule has 120 valence electrons. The largest absolute Gasteiger partial charge is 0.257 e. The first-order valence-corrected chi connectivity index (χ1v) is 10.00. The van der Waals surface area contributed by atoms with Gasteiger partial charge in [0.05, 0.1) is 0 Å². The average Bonchev–Trinajstić information content (AvgIpc) is 2.54. The van der Waals surface area contributed by atoms with E-state index in [-0.39, 0.29) is 0 Å². The van der Waals surface area contributed by atoms with Gasteiger partial charge < -0.3 is 0 Å². The summed E-state index contributed by atoms with van der Waals surface area (Å²) in [5.41, 5.74) is 5.05. The number of hydrogen-bond acceptors (Lipinski definition) is 2. The van der Waals surface area contributed by atoms with Crippen molar-refractivity contribution < 1.29 is 4.21 Å². The first kappa shape index (κ1) is 16.5. The highest BCUT2D eigenvalue weighted by molar-refractivity contribution is 8.12. The number of rotatable bonds is 3. The van der Waals surface area contributed by atoms with Gasteiger partial charge in [0.2, 0.25) is 0 Å². The Balaban J connectivity index is 2.10. The van der Waals surface area contributed by atoms with E-state index in [4.69, 9.17) is 0 Å². The lowest BCUT2D eigenvalue weighted by molar-refractivity contribution is 0.657. The normalized spacial score (nSPS) is 24.7. The molecule has 3 heteroatoms. The summed E-state index contributed by atoms with van der Waals surface area (Å²) in [5.74, 6) is 0.666. The molecule has 0 fully saturated rings. The van der Waals surface area contributed by atoms with Gasteiger partial charge in [-0.3, -0.25) is 4.21 Å². The molecule has 0 unspecified atom stereocenters. The van der Waals surface area contributed by atoms with Crippen LogP contribution < -0.4 is 0 Å². The van der Waals surface area contributed by atoms with Crippen LogP contribution in [0.1, 0.15) is 31.4 Å². The minimum atomic E-state index is -0.940. The van der Waals surface area contributed by atoms with Gasteiger partial charge in [0.15, 0.2) is 0 Å². The highest BCUT2D eigenvalue weighted by atomic mass is 32.2. The highest BCUT2D eigenvalue weighted by Gasteiger charge is 2.42. The van der Waals surface area contributed by atoms with Gasteiger partial charge in [0, 0.05) is 21.4 Å². The van der Waals surface area contributed by atoms with Crippen molar-refractivity contribution in [2.24, 2.45) is 0 Å². The van der Waals surface area contributed by atoms with E-state index in [0.29, 0.717) is 5.75 Å². The Morgan fingerprint density at radius 3 is 2.22 bits per heavy atom. The van der Waals surface area contributed by atoms with Crippen LogP contribution in [0.4, 0.5) is 0 Å². The molecule has 0 amide bonds. The van der Waals surface area contributed by atoms with Crippen molar-refractivity contribution in [2.75, 3.05) is 5.75 Å². The molecule has 1 aliphatic rings. The van der Waals surface area contributed by atoms with Crippen LogP contribution >= 0.6 is 11.8 Å². The second kappa shape index (κ2) is 6.66. The fourth-order valence-corrected chi connectivity index (χ4v) is 6.58. The zero-order chi connectivity index (χ0) is 16.4. The zero-order valence-corrected chi connectivity index (χ0v) is 15.5. The van der Waals surface area contributed by atoms with Gasteiger partial charge in [-0.05, 0) is 44.9 Å². The summed E-state index contributed by atoms with van der Waals surface area (Å²) in [6.07, 6.45) is 0.841. The number of hydrogen-bond donors (Lipinski definition) is 0. The fourth-order valence-electron chi connectivity index (χ4n) is 2.88. The summed E-state index contributed by atoms with van der Waals surface area (Å²) in [6, 6.07) is 18.9. The Bertz CT molecular complexity index is 747. The Morgan fingerprint density at radius 1 is 0.913 bits per heavy atom. The molecule has 0 aromatic heterocycles. The van der Waals surface area contributed by atoms with Crippen molar-refractivity contribution in [1.82, 2.24) is 0 Å². The summed E-state index contributed by atoms with van der Waals surface area (Å²) in [6.45, 7) is 6.38. The van der Waals surface area contributed by atoms with Crippen LogP contribution in [0.5, 0.6) is 0 Å². The van der Waals surface area contributed by atoms with Crippen molar-refractivity contribution in [1.29, 1.82) is 0 Å². The van der Waals surface area contributed by atoms with Crippen molar-refractivity contribution in [3.63, 3.8) is 0 Å². The molecule has 0 radical (unpaired) electrons. The third kappa shape index (κ3) is 3.31. The second-order valence-corrected chi connectivity index (χ2v) is 9.57. The van der Waals surface area contributed by atoms with E-state index in [0.717, 1.165) is 6.42 Å². The van der Waals surface area contributed by atoms with Crippen LogP contribution in [0.3, 0.4) is 0 Å². The molecule has 1 heterocycles. The maximum atomic E-state index is 13.2. The van der Waals surface area contributed by atoms with Crippen molar-refractivity contribution in [3.8, 4) is 0 Å². The molecule has 2 aromatic carbocycles. The lowest BCUT2D eigenvalue weighted by Crippen LogP contribution is -2.34. The van der Waals surface area contributed by atoms with E-state index in [1.807, 2.05) is 18.2 Å². The van der Waals surface area contributed by atoms with Gasteiger partial charge in [-0.1, -0.05) is 59.2 Å². The molecule has 23 heavy (non-hydrogen) atoms. The molecular formula is C20H22OS2. The minimum absolute atomic E-state index is 0.390. The fraction of sp³-hybridized carbons (Fsp3) is 0.300. The molecule has 1 nitrogen and oxygen atoms in total. The third-order valence-electron chi connectivity index (χ3n) is 4.46. The Morgan fingerprint density at radius 2 is 1.57 bits per heavy atom. The molecule has 0 spiro atoms. The molecule has 2 atom stereocenters. The molecule has 0 saturated carbocycles. The monoisotopic (exact) mass is 342 g/mol. The van der Waals surface area contributed by atoms with E-state index >= 15 is 0 Å². The Labute approximate surface area is 145 Å². The number of aryl methyl sites for hydroxylation is 1. The van der Waals surface area contributed by atoms with E-state index in [9.17, 15) is 4.21 Å². The Hall–Kier alpha value is -1.32. The first-order chi connectivity index (χ1) is 11.0. The Kier molecular flexibility index (Phi) is 4.79. The summed E-state index contributed by atoms with van der Waals surface area (Å²) >= 11 is 1.75. The van der Waals surface area contributed by atoms with E-state index < -0.39 is 14.9 Å². The lowest BCUT2D eigenvalue weighted by Gasteiger charge is -2.37. The molecule has 0 bridgehead atoms. The van der Waals surface area contributed by atoms with E-state index in [1.165, 1.54) is 27.2 Å². The van der Waals surface area contributed by atoms with E-state index in [1.54, 1.807) is 11.8 Å². The van der Waals surface area contributed by atoms with Crippen molar-refractivity contribution >= 4 is 22.6 Å². The molecule has 0 N–H and O–H groups in total. The van der Waals surface area contributed by atoms with Crippen LogP contribution in [0.15, 0.2) is 70.6 Å². The standard InChI is InChI=1S/C20H22OS2/c1-15-9-11-18(12-10-15)20(22-19-7-5-4-6-8-19)13-16(2)17(3)14-23(20)21/h4-12H,13-14H2,1-3H3/t20-,23-/m1/s1. The summed E-state index contributed by atoms with van der Waals surface area (Å²) in [5, 5.41) is 0. The maximum absolute atomic E-state index is 13.2. The predicted octanol–water partition coefficient (Wildman–Crippen LogP) is 5.43. The van der Waals surface area contributed by atoms with Crippen molar-refractivity contribution in [3.05, 3.63) is 76.9 Å². The van der Waals surface area contributed by atoms with Crippen LogP contribution in [0, 0.1) is 6.92 Å². The summed E-state index contributed by atoms with van der Waals surface area (Å²) in [7, 11) is -0.940. The van der Waals surface area contributed by atoms with Gasteiger partial charge in [0.25, 0.3) is 0 Å². The number of thioether (sulfide) groups is 1. The maximum Gasteiger partial charge on any atom is 0.124 e. The van der Waals surface area contributed by atoms with Gasteiger partial charge in [-0.25, -0.2) is 0 Å². The van der Waals surface area contributed by atoms with E-state index in [2.05, 4.69) is 57.2 Å². The van der Waals surface area contributed by atoms with Gasteiger partial charge in [-0.15, -0.1) is 11.8 Å². The van der Waals surface area contributed by atoms with Crippen LogP contribution in [-0.4, -0.2) is 9.96 Å². The molecular weight excluding hydrogens is 320 g/mol. The van der Waals surface area contributed by atoms with Gasteiger partial charge >= 0.3 is 0 Å². The molecule has 1 aliphatic heterocycles. The summed E-state index contributed by atoms with van der Waals surface area (Å²) in [4.78, 5) is 1.17. The average molecular weight is 343 g/mol. The second-order valence-electron chi connectivity index (χ2n) is 6.26. The summed E-state index contributed by atoms with van der Waals surface area (Å²) < 4.78 is 12.8. The van der Waals surface area contributed by atoms with Gasteiger partial charge in [-0.2, -0.15) is 0 Å². The number of allylic oxidation sites excluding steroid dienone is 1. The van der Waals surface area contributed by atoms with Crippen LogP contribution in [0.2, 0.25) is 0 Å². The van der Waals surface area contributed by atoms with Crippen molar-refractivity contribution in [2.45, 2.75) is 36.2 Å².